The Morgan fingerprint density at radius 1 is 1.09 bits per heavy atom. The van der Waals surface area contributed by atoms with Crippen LogP contribution in [0, 0.1) is 0 Å². The van der Waals surface area contributed by atoms with Crippen molar-refractivity contribution in [2.24, 2.45) is 14.1 Å². The summed E-state index contributed by atoms with van der Waals surface area (Å²) >= 11 is 3.14. The van der Waals surface area contributed by atoms with Crippen LogP contribution < -0.4 is 5.69 Å². The minimum Gasteiger partial charge on any atom is -0.326 e. The quantitative estimate of drug-likeness (QED) is 0.661. The molecule has 0 aliphatic heterocycles. The molecule has 2 aromatic heterocycles. The number of aryl methyl sites for hydroxylation is 2. The molecule has 0 spiro atoms. The number of hydrogen-bond donors (Lipinski definition) is 0. The van der Waals surface area contributed by atoms with Gasteiger partial charge in [0.1, 0.15) is 0 Å². The number of aromatic nitrogens is 3. The second-order valence-electron chi connectivity index (χ2n) is 5.33. The van der Waals surface area contributed by atoms with E-state index in [1.807, 2.05) is 0 Å². The maximum absolute atomic E-state index is 13.6. The van der Waals surface area contributed by atoms with Crippen LogP contribution in [0.1, 0.15) is 11.6 Å². The van der Waals surface area contributed by atoms with E-state index in [1.54, 1.807) is 32.3 Å². The number of halogens is 4. The third-order valence-corrected chi connectivity index (χ3v) is 4.60. The first-order valence-corrected chi connectivity index (χ1v) is 7.55. The molecule has 3 rings (SSSR count). The van der Waals surface area contributed by atoms with Gasteiger partial charge in [0.25, 0.3) is 0 Å². The first kappa shape index (κ1) is 15.9. The van der Waals surface area contributed by atoms with Gasteiger partial charge in [-0.25, -0.2) is 4.79 Å². The van der Waals surface area contributed by atoms with E-state index < -0.39 is 12.2 Å². The summed E-state index contributed by atoms with van der Waals surface area (Å²) in [5, 5.41) is 0. The minimum absolute atomic E-state index is 0.0723. The molecule has 8 heteroatoms. The summed E-state index contributed by atoms with van der Waals surface area (Å²) in [7, 11) is 3.14. The average Bonchev–Trinajstić information content (AvgIpc) is 2.97. The van der Waals surface area contributed by atoms with E-state index in [-0.39, 0.29) is 11.3 Å². The normalized spacial score (nSPS) is 13.7. The molecule has 23 heavy (non-hydrogen) atoms. The van der Waals surface area contributed by atoms with Crippen LogP contribution in [-0.4, -0.2) is 19.9 Å². The lowest BCUT2D eigenvalue weighted by molar-refractivity contribution is -0.157. The van der Waals surface area contributed by atoms with Gasteiger partial charge in [0.15, 0.2) is 6.04 Å². The van der Waals surface area contributed by atoms with Gasteiger partial charge in [-0.3, -0.25) is 9.13 Å². The third kappa shape index (κ3) is 2.50. The lowest BCUT2D eigenvalue weighted by Crippen LogP contribution is -2.27. The molecule has 1 aromatic carbocycles. The van der Waals surface area contributed by atoms with E-state index in [9.17, 15) is 18.0 Å². The highest BCUT2D eigenvalue weighted by molar-refractivity contribution is 9.10. The van der Waals surface area contributed by atoms with E-state index in [2.05, 4.69) is 15.9 Å². The third-order valence-electron chi connectivity index (χ3n) is 3.93. The van der Waals surface area contributed by atoms with Crippen LogP contribution in [0.2, 0.25) is 0 Å². The molecule has 2 heterocycles. The molecule has 0 radical (unpaired) electrons. The minimum atomic E-state index is -4.47. The summed E-state index contributed by atoms with van der Waals surface area (Å²) in [4.78, 5) is 11.9. The fourth-order valence-corrected chi connectivity index (χ4v) is 3.26. The summed E-state index contributed by atoms with van der Waals surface area (Å²) < 4.78 is 45.1. The molecule has 0 bridgehead atoms. The Morgan fingerprint density at radius 3 is 2.30 bits per heavy atom. The van der Waals surface area contributed by atoms with E-state index in [0.717, 1.165) is 4.57 Å². The van der Waals surface area contributed by atoms with Crippen molar-refractivity contribution in [2.75, 3.05) is 0 Å². The molecular formula is C15H13BrF3N3O. The largest absolute Gasteiger partial charge is 0.413 e. The molecule has 0 N–H and O–H groups in total. The molecular weight excluding hydrogens is 375 g/mol. The SMILES string of the molecule is Cn1c(=O)n(C)c2cc(C(n3cccc3Br)C(F)(F)F)ccc21. The molecule has 3 aromatic rings. The Balaban J connectivity index is 2.25. The zero-order valence-corrected chi connectivity index (χ0v) is 13.9. The predicted molar refractivity (Wildman–Crippen MR) is 84.5 cm³/mol. The van der Waals surface area contributed by atoms with Gasteiger partial charge in [0.05, 0.1) is 15.6 Å². The van der Waals surface area contributed by atoms with Crippen LogP contribution in [0.15, 0.2) is 45.9 Å². The Morgan fingerprint density at radius 2 is 1.74 bits per heavy atom. The number of hydrogen-bond acceptors (Lipinski definition) is 1. The average molecular weight is 388 g/mol. The van der Waals surface area contributed by atoms with Gasteiger partial charge >= 0.3 is 11.9 Å². The Labute approximate surface area is 137 Å². The second-order valence-corrected chi connectivity index (χ2v) is 6.14. The smallest absolute Gasteiger partial charge is 0.326 e. The van der Waals surface area contributed by atoms with Crippen LogP contribution in [-0.2, 0) is 14.1 Å². The van der Waals surface area contributed by atoms with Gasteiger partial charge in [0, 0.05) is 20.3 Å². The molecule has 0 fully saturated rings. The van der Waals surface area contributed by atoms with E-state index in [0.29, 0.717) is 15.6 Å². The van der Waals surface area contributed by atoms with Crippen molar-refractivity contribution in [3.8, 4) is 0 Å². The number of imidazole rings is 1. The number of fused-ring (bicyclic) bond motifs is 1. The summed E-state index contributed by atoms with van der Waals surface area (Å²) in [5.41, 5.74) is 0.854. The highest BCUT2D eigenvalue weighted by Gasteiger charge is 2.42. The fraction of sp³-hybridized carbons (Fsp3) is 0.267. The van der Waals surface area contributed by atoms with Gasteiger partial charge < -0.3 is 4.57 Å². The number of benzene rings is 1. The second kappa shape index (κ2) is 5.30. The first-order valence-electron chi connectivity index (χ1n) is 6.76. The van der Waals surface area contributed by atoms with Crippen molar-refractivity contribution in [1.82, 2.24) is 13.7 Å². The van der Waals surface area contributed by atoms with Crippen molar-refractivity contribution in [2.45, 2.75) is 12.2 Å². The maximum Gasteiger partial charge on any atom is 0.413 e. The molecule has 0 saturated heterocycles. The molecule has 0 amide bonds. The highest BCUT2D eigenvalue weighted by Crippen LogP contribution is 2.38. The van der Waals surface area contributed by atoms with Crippen LogP contribution in [0.25, 0.3) is 11.0 Å². The molecule has 0 saturated carbocycles. The standard InChI is InChI=1S/C15H13BrF3N3O/c1-20-10-6-5-9(8-11(10)21(2)14(20)23)13(15(17,18)19)22-7-3-4-12(22)16/h3-8,13H,1-2H3. The Kier molecular flexibility index (Phi) is 3.66. The summed E-state index contributed by atoms with van der Waals surface area (Å²) in [6, 6.07) is 5.64. The van der Waals surface area contributed by atoms with Crippen LogP contribution in [0.4, 0.5) is 13.2 Å². The van der Waals surface area contributed by atoms with Crippen LogP contribution in [0.5, 0.6) is 0 Å². The molecule has 1 atom stereocenters. The predicted octanol–water partition coefficient (Wildman–Crippen LogP) is 3.59. The fourth-order valence-electron chi connectivity index (χ4n) is 2.78. The Bertz CT molecular complexity index is 936. The first-order chi connectivity index (χ1) is 10.7. The van der Waals surface area contributed by atoms with Gasteiger partial charge in [-0.05, 0) is 45.8 Å². The lowest BCUT2D eigenvalue weighted by Gasteiger charge is -2.23. The molecule has 0 aliphatic rings. The van der Waals surface area contributed by atoms with Gasteiger partial charge in [-0.15, -0.1) is 0 Å². The molecule has 0 aliphatic carbocycles. The van der Waals surface area contributed by atoms with E-state index >= 15 is 0 Å². The van der Waals surface area contributed by atoms with Crippen molar-refractivity contribution in [1.29, 1.82) is 0 Å². The topological polar surface area (TPSA) is 31.9 Å². The molecule has 4 nitrogen and oxygen atoms in total. The van der Waals surface area contributed by atoms with E-state index in [1.165, 1.54) is 27.5 Å². The van der Waals surface area contributed by atoms with Gasteiger partial charge in [-0.2, -0.15) is 13.2 Å². The summed E-state index contributed by atoms with van der Waals surface area (Å²) in [5.74, 6) is 0. The number of rotatable bonds is 2. The monoisotopic (exact) mass is 387 g/mol. The van der Waals surface area contributed by atoms with Crippen molar-refractivity contribution in [3.63, 3.8) is 0 Å². The summed E-state index contributed by atoms with van der Waals surface area (Å²) in [6.07, 6.45) is -3.10. The van der Waals surface area contributed by atoms with Gasteiger partial charge in [-0.1, -0.05) is 6.07 Å². The van der Waals surface area contributed by atoms with Crippen molar-refractivity contribution < 1.29 is 13.2 Å². The Hall–Kier alpha value is -1.96. The van der Waals surface area contributed by atoms with Crippen molar-refractivity contribution in [3.05, 3.63) is 57.2 Å². The number of alkyl halides is 3. The van der Waals surface area contributed by atoms with E-state index in [4.69, 9.17) is 0 Å². The van der Waals surface area contributed by atoms with Crippen LogP contribution >= 0.6 is 15.9 Å². The lowest BCUT2D eigenvalue weighted by atomic mass is 10.1. The van der Waals surface area contributed by atoms with Crippen LogP contribution in [0.3, 0.4) is 0 Å². The molecule has 1 unspecified atom stereocenters. The zero-order chi connectivity index (χ0) is 16.9. The maximum atomic E-state index is 13.6. The highest BCUT2D eigenvalue weighted by atomic mass is 79.9. The van der Waals surface area contributed by atoms with Crippen molar-refractivity contribution >= 4 is 27.0 Å². The zero-order valence-electron chi connectivity index (χ0n) is 12.3. The number of nitrogens with zero attached hydrogens (tertiary/aromatic N) is 3. The van der Waals surface area contributed by atoms with Gasteiger partial charge in [0.2, 0.25) is 0 Å². The summed E-state index contributed by atoms with van der Waals surface area (Å²) in [6.45, 7) is 0. The molecule has 122 valence electrons.